The Kier molecular flexibility index (Phi) is 5.75. The van der Waals surface area contributed by atoms with Crippen molar-refractivity contribution in [1.29, 1.82) is 0 Å². The highest BCUT2D eigenvalue weighted by Crippen LogP contribution is 2.29. The van der Waals surface area contributed by atoms with Gasteiger partial charge < -0.3 is 15.0 Å². The van der Waals surface area contributed by atoms with Crippen molar-refractivity contribution in [3.8, 4) is 11.4 Å². The number of amides is 1. The Labute approximate surface area is 158 Å². The molecule has 4 rings (SSSR count). The standard InChI is InChI=1S/C16H19N7O2.CH3B/c1-9-8-25-6-5-23(9)12-7-10(16(24)17-2)13-15(19-12)14(22-21-13)11-3-4-18-20-11;1-2/h3-4,7,9H,5-6,8H2,1-2H3,(H,17,24)(H,18,20)(H,21,22);1H3/t9-;/m1./s1. The molecule has 27 heavy (non-hydrogen) atoms. The van der Waals surface area contributed by atoms with Crippen LogP contribution in [-0.4, -0.2) is 72.0 Å². The summed E-state index contributed by atoms with van der Waals surface area (Å²) in [5, 5.41) is 16.8. The maximum absolute atomic E-state index is 12.4. The third-order valence-electron chi connectivity index (χ3n) is 4.40. The van der Waals surface area contributed by atoms with Gasteiger partial charge in [-0.25, -0.2) is 4.98 Å². The Balaban J connectivity index is 0.00000102. The van der Waals surface area contributed by atoms with E-state index in [4.69, 9.17) is 9.72 Å². The molecule has 2 radical (unpaired) electrons. The van der Waals surface area contributed by atoms with Crippen LogP contribution < -0.4 is 10.2 Å². The van der Waals surface area contributed by atoms with Crippen LogP contribution in [0.3, 0.4) is 0 Å². The zero-order valence-corrected chi connectivity index (χ0v) is 15.6. The van der Waals surface area contributed by atoms with Crippen molar-refractivity contribution < 1.29 is 9.53 Å². The number of fused-ring (bicyclic) bond motifs is 1. The fourth-order valence-corrected chi connectivity index (χ4v) is 3.08. The van der Waals surface area contributed by atoms with Crippen molar-refractivity contribution in [2.45, 2.75) is 19.8 Å². The second-order valence-electron chi connectivity index (χ2n) is 5.99. The predicted octanol–water partition coefficient (Wildman–Crippen LogP) is 1.14. The number of hydrogen-bond donors (Lipinski definition) is 3. The quantitative estimate of drug-likeness (QED) is 0.599. The van der Waals surface area contributed by atoms with E-state index in [0.717, 1.165) is 18.1 Å². The van der Waals surface area contributed by atoms with E-state index in [-0.39, 0.29) is 11.9 Å². The molecule has 0 bridgehead atoms. The molecule has 1 fully saturated rings. The van der Waals surface area contributed by atoms with Gasteiger partial charge in [-0.1, -0.05) is 6.82 Å². The summed E-state index contributed by atoms with van der Waals surface area (Å²) < 4.78 is 5.51. The van der Waals surface area contributed by atoms with E-state index < -0.39 is 0 Å². The van der Waals surface area contributed by atoms with Gasteiger partial charge >= 0.3 is 0 Å². The fourth-order valence-electron chi connectivity index (χ4n) is 3.08. The minimum absolute atomic E-state index is 0.179. The van der Waals surface area contributed by atoms with Crippen LogP contribution in [0.2, 0.25) is 6.82 Å². The number of morpholine rings is 1. The van der Waals surface area contributed by atoms with Gasteiger partial charge in [0.15, 0.2) is 0 Å². The monoisotopic (exact) mass is 367 g/mol. The van der Waals surface area contributed by atoms with Crippen LogP contribution in [0.5, 0.6) is 0 Å². The molecule has 1 aliphatic rings. The van der Waals surface area contributed by atoms with Gasteiger partial charge in [0.2, 0.25) is 0 Å². The molecule has 3 aromatic heterocycles. The highest BCUT2D eigenvalue weighted by Gasteiger charge is 2.25. The van der Waals surface area contributed by atoms with Crippen molar-refractivity contribution >= 4 is 30.6 Å². The van der Waals surface area contributed by atoms with Gasteiger partial charge in [0.25, 0.3) is 5.91 Å². The maximum Gasteiger partial charge on any atom is 0.253 e. The second-order valence-corrected chi connectivity index (χ2v) is 5.99. The van der Waals surface area contributed by atoms with Crippen molar-refractivity contribution in [3.05, 3.63) is 23.9 Å². The summed E-state index contributed by atoms with van der Waals surface area (Å²) in [5.41, 5.74) is 3.14. The molecule has 0 aliphatic carbocycles. The molecular weight excluding hydrogens is 345 g/mol. The van der Waals surface area contributed by atoms with E-state index in [9.17, 15) is 4.79 Å². The Morgan fingerprint density at radius 2 is 2.19 bits per heavy atom. The van der Waals surface area contributed by atoms with Crippen LogP contribution in [0, 0.1) is 0 Å². The number of pyridine rings is 1. The highest BCUT2D eigenvalue weighted by molar-refractivity contribution is 6.07. The number of ether oxygens (including phenoxy) is 1. The predicted molar refractivity (Wildman–Crippen MR) is 104 cm³/mol. The molecule has 3 N–H and O–H groups in total. The topological polar surface area (TPSA) is 112 Å². The average molecular weight is 367 g/mol. The smallest absolute Gasteiger partial charge is 0.253 e. The van der Waals surface area contributed by atoms with Crippen molar-refractivity contribution in [2.24, 2.45) is 0 Å². The summed E-state index contributed by atoms with van der Waals surface area (Å²) in [5.74, 6) is 0.543. The number of aromatic nitrogens is 5. The normalized spacial score (nSPS) is 16.7. The number of carbonyl (C=O) groups is 1. The molecule has 0 aromatic carbocycles. The fraction of sp³-hybridized carbons (Fsp3) is 0.412. The molecule has 4 heterocycles. The Morgan fingerprint density at radius 1 is 1.37 bits per heavy atom. The van der Waals surface area contributed by atoms with Gasteiger partial charge in [0.1, 0.15) is 22.5 Å². The molecule has 0 saturated carbocycles. The summed E-state index contributed by atoms with van der Waals surface area (Å²) in [7, 11) is 6.11. The van der Waals surface area contributed by atoms with Gasteiger partial charge in [0, 0.05) is 19.8 Å². The number of nitrogens with zero attached hydrogens (tertiary/aromatic N) is 4. The molecular formula is C17H22BN7O2. The van der Waals surface area contributed by atoms with Crippen molar-refractivity contribution in [1.82, 2.24) is 30.7 Å². The van der Waals surface area contributed by atoms with E-state index in [1.54, 1.807) is 19.3 Å². The Bertz CT molecular complexity index is 910. The number of anilines is 1. The molecule has 1 amide bonds. The number of nitrogens with one attached hydrogen (secondary N) is 3. The minimum Gasteiger partial charge on any atom is -0.377 e. The molecule has 140 valence electrons. The summed E-state index contributed by atoms with van der Waals surface area (Å²) in [4.78, 5) is 19.3. The number of hydrogen-bond acceptors (Lipinski definition) is 6. The van der Waals surface area contributed by atoms with E-state index in [1.807, 2.05) is 6.07 Å². The number of H-pyrrole nitrogens is 2. The first kappa shape index (κ1) is 18.9. The summed E-state index contributed by atoms with van der Waals surface area (Å²) in [6, 6.07) is 3.80. The van der Waals surface area contributed by atoms with Gasteiger partial charge in [0.05, 0.1) is 38.4 Å². The Morgan fingerprint density at radius 3 is 2.85 bits per heavy atom. The van der Waals surface area contributed by atoms with E-state index in [0.29, 0.717) is 35.5 Å². The van der Waals surface area contributed by atoms with Gasteiger partial charge in [-0.3, -0.25) is 15.0 Å². The van der Waals surface area contributed by atoms with Crippen LogP contribution in [0.1, 0.15) is 17.3 Å². The molecule has 3 aromatic rings. The first-order valence-electron chi connectivity index (χ1n) is 8.72. The minimum atomic E-state index is -0.197. The highest BCUT2D eigenvalue weighted by atomic mass is 16.5. The van der Waals surface area contributed by atoms with Gasteiger partial charge in [-0.05, 0) is 19.1 Å². The van der Waals surface area contributed by atoms with E-state index in [2.05, 4.69) is 45.4 Å². The third-order valence-corrected chi connectivity index (χ3v) is 4.40. The van der Waals surface area contributed by atoms with Crippen LogP contribution in [0.25, 0.3) is 22.4 Å². The van der Waals surface area contributed by atoms with Crippen LogP contribution in [0.4, 0.5) is 5.82 Å². The molecule has 1 atom stereocenters. The molecule has 9 nitrogen and oxygen atoms in total. The maximum atomic E-state index is 12.4. The SMILES string of the molecule is CNC(=O)c1cc(N2CCOC[C@H]2C)nc2c(-c3ccn[nH]3)[nH]nc12.[B]C. The molecule has 0 spiro atoms. The second kappa shape index (κ2) is 8.21. The lowest BCUT2D eigenvalue weighted by atomic mass is 10.1. The van der Waals surface area contributed by atoms with Gasteiger partial charge in [-0.2, -0.15) is 10.2 Å². The zero-order chi connectivity index (χ0) is 19.4. The van der Waals surface area contributed by atoms with Crippen molar-refractivity contribution in [3.63, 3.8) is 0 Å². The number of aromatic amines is 2. The molecule has 0 unspecified atom stereocenters. The van der Waals surface area contributed by atoms with Crippen LogP contribution >= 0.6 is 0 Å². The van der Waals surface area contributed by atoms with Gasteiger partial charge in [-0.15, -0.1) is 0 Å². The third kappa shape index (κ3) is 3.52. The first-order valence-corrected chi connectivity index (χ1v) is 8.72. The van der Waals surface area contributed by atoms with Crippen LogP contribution in [-0.2, 0) is 4.74 Å². The largest absolute Gasteiger partial charge is 0.377 e. The molecule has 1 aliphatic heterocycles. The molecule has 10 heteroatoms. The Hall–Kier alpha value is -2.88. The molecule has 1 saturated heterocycles. The summed E-state index contributed by atoms with van der Waals surface area (Å²) in [6.07, 6.45) is 1.66. The number of carbonyl (C=O) groups excluding carboxylic acids is 1. The van der Waals surface area contributed by atoms with Crippen molar-refractivity contribution in [2.75, 3.05) is 31.7 Å². The summed E-state index contributed by atoms with van der Waals surface area (Å²) >= 11 is 0. The zero-order valence-electron chi connectivity index (χ0n) is 15.6. The number of rotatable bonds is 3. The van der Waals surface area contributed by atoms with Crippen LogP contribution in [0.15, 0.2) is 18.3 Å². The lowest BCUT2D eigenvalue weighted by Crippen LogP contribution is -2.44. The lowest BCUT2D eigenvalue weighted by Gasteiger charge is -2.34. The average Bonchev–Trinajstić information content (AvgIpc) is 3.38. The summed E-state index contributed by atoms with van der Waals surface area (Å²) in [6.45, 7) is 5.58. The first-order chi connectivity index (χ1) is 13.2. The van der Waals surface area contributed by atoms with E-state index >= 15 is 0 Å². The lowest BCUT2D eigenvalue weighted by molar-refractivity contribution is 0.0963. The van der Waals surface area contributed by atoms with E-state index in [1.165, 1.54) is 6.82 Å².